The molecule has 0 saturated carbocycles. The minimum Gasteiger partial charge on any atom is -0.363 e. The van der Waals surface area contributed by atoms with Crippen LogP contribution >= 0.6 is 22.9 Å². The lowest BCUT2D eigenvalue weighted by molar-refractivity contribution is 1.07. The minimum absolute atomic E-state index is 0.530. The van der Waals surface area contributed by atoms with Gasteiger partial charge in [0.05, 0.1) is 0 Å². The predicted octanol–water partition coefficient (Wildman–Crippen LogP) is 4.08. The van der Waals surface area contributed by atoms with Crippen LogP contribution < -0.4 is 4.90 Å². The van der Waals surface area contributed by atoms with Crippen molar-refractivity contribution in [2.75, 3.05) is 19.0 Å². The van der Waals surface area contributed by atoms with E-state index in [4.69, 9.17) is 11.6 Å². The van der Waals surface area contributed by atoms with Gasteiger partial charge < -0.3 is 4.90 Å². The number of rotatable bonds is 2. The Morgan fingerprint density at radius 2 is 2.00 bits per heavy atom. The van der Waals surface area contributed by atoms with Crippen LogP contribution in [0.25, 0.3) is 20.7 Å². The normalized spacial score (nSPS) is 10.9. The lowest BCUT2D eigenvalue weighted by Gasteiger charge is -2.10. The Morgan fingerprint density at radius 1 is 1.16 bits per heavy atom. The third kappa shape index (κ3) is 2.41. The van der Waals surface area contributed by atoms with Crippen LogP contribution in [-0.4, -0.2) is 24.1 Å². The van der Waals surface area contributed by atoms with E-state index in [2.05, 4.69) is 22.1 Å². The van der Waals surface area contributed by atoms with Crippen LogP contribution in [0.1, 0.15) is 0 Å². The van der Waals surface area contributed by atoms with Crippen LogP contribution in [0, 0.1) is 0 Å². The summed E-state index contributed by atoms with van der Waals surface area (Å²) in [5.74, 6) is 0.950. The first kappa shape index (κ1) is 12.4. The molecule has 0 saturated heterocycles. The lowest BCUT2D eigenvalue weighted by atomic mass is 10.2. The Labute approximate surface area is 120 Å². The van der Waals surface area contributed by atoms with Gasteiger partial charge in [-0.1, -0.05) is 11.6 Å². The Morgan fingerprint density at radius 3 is 2.68 bits per heavy atom. The molecule has 0 aliphatic carbocycles. The zero-order valence-electron chi connectivity index (χ0n) is 10.6. The summed E-state index contributed by atoms with van der Waals surface area (Å²) in [6, 6.07) is 10.0. The average Bonchev–Trinajstić information content (AvgIpc) is 2.81. The summed E-state index contributed by atoms with van der Waals surface area (Å²) in [5, 5.41) is 1.64. The molecule has 3 rings (SSSR count). The van der Waals surface area contributed by atoms with Gasteiger partial charge >= 0.3 is 0 Å². The second kappa shape index (κ2) is 4.79. The van der Waals surface area contributed by atoms with Gasteiger partial charge in [0.25, 0.3) is 0 Å². The molecule has 3 aromatic heterocycles. The highest BCUT2D eigenvalue weighted by atomic mass is 35.5. The minimum atomic E-state index is 0.530. The summed E-state index contributed by atoms with van der Waals surface area (Å²) >= 11 is 7.54. The van der Waals surface area contributed by atoms with Gasteiger partial charge in [0.2, 0.25) is 0 Å². The fraction of sp³-hybridized carbons (Fsp3) is 0.143. The number of nitrogens with zero attached hydrogens (tertiary/aromatic N) is 3. The summed E-state index contributed by atoms with van der Waals surface area (Å²) in [5.41, 5.74) is 1.10. The monoisotopic (exact) mass is 289 g/mol. The molecule has 0 bridgehead atoms. The Balaban J connectivity index is 2.03. The topological polar surface area (TPSA) is 29.0 Å². The van der Waals surface area contributed by atoms with Crippen molar-refractivity contribution in [1.82, 2.24) is 9.97 Å². The van der Waals surface area contributed by atoms with Gasteiger partial charge in [0.1, 0.15) is 15.8 Å². The van der Waals surface area contributed by atoms with Gasteiger partial charge in [-0.25, -0.2) is 9.97 Å². The molecule has 3 nitrogen and oxygen atoms in total. The molecule has 3 aromatic rings. The Bertz CT molecular complexity index is 719. The first-order chi connectivity index (χ1) is 9.13. The average molecular weight is 290 g/mol. The van der Waals surface area contributed by atoms with E-state index in [1.807, 2.05) is 43.4 Å². The van der Waals surface area contributed by atoms with Gasteiger partial charge in [0.15, 0.2) is 0 Å². The molecule has 0 N–H and O–H groups in total. The van der Waals surface area contributed by atoms with Crippen LogP contribution in [-0.2, 0) is 0 Å². The summed E-state index contributed by atoms with van der Waals surface area (Å²) in [7, 11) is 3.96. The maximum Gasteiger partial charge on any atom is 0.130 e. The third-order valence-corrected chi connectivity index (χ3v) is 4.14. The second-order valence-electron chi connectivity index (χ2n) is 4.44. The van der Waals surface area contributed by atoms with E-state index in [0.717, 1.165) is 26.5 Å². The smallest absolute Gasteiger partial charge is 0.130 e. The van der Waals surface area contributed by atoms with Crippen molar-refractivity contribution in [1.29, 1.82) is 0 Å². The molecular weight excluding hydrogens is 278 g/mol. The number of halogens is 1. The fourth-order valence-corrected chi connectivity index (χ4v) is 3.05. The SMILES string of the molecule is CN(C)c1ccc(-c2cc3ccc(Cl)nc3s2)cn1. The predicted molar refractivity (Wildman–Crippen MR) is 82.2 cm³/mol. The summed E-state index contributed by atoms with van der Waals surface area (Å²) in [6.45, 7) is 0. The van der Waals surface area contributed by atoms with E-state index in [1.165, 1.54) is 0 Å². The van der Waals surface area contributed by atoms with Crippen LogP contribution in [0.3, 0.4) is 0 Å². The number of anilines is 1. The number of fused-ring (bicyclic) bond motifs is 1. The van der Waals surface area contributed by atoms with Crippen molar-refractivity contribution in [2.45, 2.75) is 0 Å². The van der Waals surface area contributed by atoms with Gasteiger partial charge in [-0.05, 0) is 30.3 Å². The number of thiophene rings is 1. The van der Waals surface area contributed by atoms with Crippen molar-refractivity contribution in [3.63, 3.8) is 0 Å². The van der Waals surface area contributed by atoms with E-state index >= 15 is 0 Å². The number of aromatic nitrogens is 2. The highest BCUT2D eigenvalue weighted by Crippen LogP contribution is 2.33. The van der Waals surface area contributed by atoms with E-state index in [-0.39, 0.29) is 0 Å². The highest BCUT2D eigenvalue weighted by molar-refractivity contribution is 7.21. The molecule has 5 heteroatoms. The van der Waals surface area contributed by atoms with Crippen molar-refractivity contribution < 1.29 is 0 Å². The molecule has 0 spiro atoms. The third-order valence-electron chi connectivity index (χ3n) is 2.84. The van der Waals surface area contributed by atoms with Crippen LogP contribution in [0.2, 0.25) is 5.15 Å². The zero-order valence-corrected chi connectivity index (χ0v) is 12.2. The Hall–Kier alpha value is -1.65. The molecule has 0 aromatic carbocycles. The van der Waals surface area contributed by atoms with E-state index in [1.54, 1.807) is 11.3 Å². The maximum absolute atomic E-state index is 5.91. The van der Waals surface area contributed by atoms with E-state index < -0.39 is 0 Å². The maximum atomic E-state index is 5.91. The number of hydrogen-bond acceptors (Lipinski definition) is 4. The van der Waals surface area contributed by atoms with Crippen molar-refractivity contribution in [2.24, 2.45) is 0 Å². The molecule has 0 amide bonds. The van der Waals surface area contributed by atoms with Crippen LogP contribution in [0.15, 0.2) is 36.5 Å². The standard InChI is InChI=1S/C14H12ClN3S/c1-18(2)13-6-4-10(8-16-13)11-7-9-3-5-12(15)17-14(9)19-11/h3-8H,1-2H3. The summed E-state index contributed by atoms with van der Waals surface area (Å²) in [4.78, 5) is 12.8. The molecule has 3 heterocycles. The molecule has 0 atom stereocenters. The Kier molecular flexibility index (Phi) is 3.12. The largest absolute Gasteiger partial charge is 0.363 e. The van der Waals surface area contributed by atoms with Crippen molar-refractivity contribution >= 4 is 39.0 Å². The molecule has 0 fully saturated rings. The van der Waals surface area contributed by atoms with Gasteiger partial charge in [0, 0.05) is 36.1 Å². The second-order valence-corrected chi connectivity index (χ2v) is 5.86. The lowest BCUT2D eigenvalue weighted by Crippen LogP contribution is -2.09. The fourth-order valence-electron chi connectivity index (χ4n) is 1.83. The van der Waals surface area contributed by atoms with Gasteiger partial charge in [-0.15, -0.1) is 11.3 Å². The zero-order chi connectivity index (χ0) is 13.4. The highest BCUT2D eigenvalue weighted by Gasteiger charge is 2.07. The summed E-state index contributed by atoms with van der Waals surface area (Å²) < 4.78 is 0. The molecule has 0 radical (unpaired) electrons. The molecular formula is C14H12ClN3S. The van der Waals surface area contributed by atoms with E-state index in [9.17, 15) is 0 Å². The molecule has 96 valence electrons. The first-order valence-electron chi connectivity index (χ1n) is 5.83. The number of pyridine rings is 2. The molecule has 19 heavy (non-hydrogen) atoms. The molecule has 0 aliphatic rings. The van der Waals surface area contributed by atoms with Crippen LogP contribution in [0.5, 0.6) is 0 Å². The van der Waals surface area contributed by atoms with Gasteiger partial charge in [-0.2, -0.15) is 0 Å². The van der Waals surface area contributed by atoms with Crippen LogP contribution in [0.4, 0.5) is 5.82 Å². The first-order valence-corrected chi connectivity index (χ1v) is 7.03. The molecule has 0 unspecified atom stereocenters. The quantitative estimate of drug-likeness (QED) is 0.666. The van der Waals surface area contributed by atoms with Gasteiger partial charge in [-0.3, -0.25) is 0 Å². The number of hydrogen-bond donors (Lipinski definition) is 0. The van der Waals surface area contributed by atoms with Crippen molar-refractivity contribution in [3.05, 3.63) is 41.7 Å². The summed E-state index contributed by atoms with van der Waals surface area (Å²) in [6.07, 6.45) is 1.89. The van der Waals surface area contributed by atoms with E-state index in [0.29, 0.717) is 5.15 Å². The molecule has 0 aliphatic heterocycles. The van der Waals surface area contributed by atoms with Crippen molar-refractivity contribution in [3.8, 4) is 10.4 Å².